The molecule has 0 spiro atoms. The van der Waals surface area contributed by atoms with E-state index in [9.17, 15) is 0 Å². The van der Waals surface area contributed by atoms with E-state index in [-0.39, 0.29) is 41.3 Å². The summed E-state index contributed by atoms with van der Waals surface area (Å²) in [5, 5.41) is 0.0529. The minimum absolute atomic E-state index is 0.0529. The molecule has 0 saturated carbocycles. The van der Waals surface area contributed by atoms with Gasteiger partial charge in [-0.25, -0.2) is 13.8 Å². The summed E-state index contributed by atoms with van der Waals surface area (Å²) in [4.78, 5) is 6.75. The molecule has 274 valence electrons. The SMILES string of the molecule is C=Cc1c(O[C@@H]2CO[C@H]3[C@@H]2OC[C@H]3O[Si](C)(C)C(C)(C)C)n(COCC[Si](C)(C)C)c2ccc(-c3c(F)cc(N4CCOCC4)cc3F)nc12. The Hall–Kier alpha value is -2.66. The molecule has 0 radical (unpaired) electrons. The minimum Gasteiger partial charge on any atom is -0.470 e. The first-order valence-electron chi connectivity index (χ1n) is 17.7. The predicted octanol–water partition coefficient (Wildman–Crippen LogP) is 7.71. The van der Waals surface area contributed by atoms with Crippen molar-refractivity contribution < 1.29 is 36.9 Å². The van der Waals surface area contributed by atoms with Gasteiger partial charge in [0.2, 0.25) is 5.88 Å². The Kier molecular flexibility index (Phi) is 10.7. The lowest BCUT2D eigenvalue weighted by Crippen LogP contribution is -2.47. The van der Waals surface area contributed by atoms with Crippen LogP contribution in [0.5, 0.6) is 5.88 Å². The molecule has 0 bridgehead atoms. The van der Waals surface area contributed by atoms with Gasteiger partial charge in [-0.15, -0.1) is 0 Å². The van der Waals surface area contributed by atoms with Gasteiger partial charge in [0.1, 0.15) is 36.1 Å². The number of hydrogen-bond donors (Lipinski definition) is 0. The lowest BCUT2D eigenvalue weighted by Gasteiger charge is -2.39. The van der Waals surface area contributed by atoms with E-state index in [1.54, 1.807) is 12.1 Å². The van der Waals surface area contributed by atoms with Crippen LogP contribution >= 0.6 is 0 Å². The average Bonchev–Trinajstić information content (AvgIpc) is 3.71. The normalized spacial score (nSPS) is 23.1. The van der Waals surface area contributed by atoms with Crippen LogP contribution in [-0.4, -0.2) is 96.5 Å². The van der Waals surface area contributed by atoms with Gasteiger partial charge in [0.05, 0.1) is 54.9 Å². The third-order valence-corrected chi connectivity index (χ3v) is 16.7. The molecule has 0 amide bonds. The van der Waals surface area contributed by atoms with E-state index >= 15 is 8.78 Å². The van der Waals surface area contributed by atoms with Crippen LogP contribution in [0, 0.1) is 11.6 Å². The molecule has 0 unspecified atom stereocenters. The number of halogens is 2. The van der Waals surface area contributed by atoms with E-state index in [2.05, 4.69) is 60.1 Å². The topological polar surface area (TPSA) is 76.4 Å². The molecule has 0 N–H and O–H groups in total. The molecule has 50 heavy (non-hydrogen) atoms. The Balaban J connectivity index is 1.32. The number of morpholine rings is 1. The van der Waals surface area contributed by atoms with E-state index < -0.39 is 34.1 Å². The van der Waals surface area contributed by atoms with Crippen LogP contribution in [0.2, 0.25) is 43.8 Å². The van der Waals surface area contributed by atoms with Gasteiger partial charge in [0.15, 0.2) is 14.4 Å². The fourth-order valence-electron chi connectivity index (χ4n) is 6.47. The standard InChI is InChI=1S/C37H53F2N3O6Si2/c1-10-25-33-29(12-11-28(40-33)32-26(38)19-24(20-27(32)39)41-13-15-43-16-14-41)42(23-44-17-18-49(5,6)7)36(25)47-30-21-45-35-31(22-46-34(30)35)48-50(8,9)37(2,3)4/h10-12,19-20,30-31,34-35H,1,13-18,21-23H2,2-9H3/t30-,31-,34-,35-/m1/s1. The monoisotopic (exact) mass is 729 g/mol. The molecule has 3 aliphatic rings. The first-order valence-corrected chi connectivity index (χ1v) is 24.3. The maximum absolute atomic E-state index is 15.7. The summed E-state index contributed by atoms with van der Waals surface area (Å²) in [5.41, 5.74) is 2.32. The molecule has 9 nitrogen and oxygen atoms in total. The van der Waals surface area contributed by atoms with Crippen molar-refractivity contribution >= 4 is 39.2 Å². The summed E-state index contributed by atoms with van der Waals surface area (Å²) in [6, 6.07) is 7.21. The van der Waals surface area contributed by atoms with E-state index in [1.807, 2.05) is 15.5 Å². The zero-order chi connectivity index (χ0) is 36.0. The molecular formula is C37H53F2N3O6Si2. The van der Waals surface area contributed by atoms with E-state index in [0.717, 1.165) is 6.04 Å². The Morgan fingerprint density at radius 3 is 2.24 bits per heavy atom. The average molecular weight is 730 g/mol. The van der Waals surface area contributed by atoms with Crippen LogP contribution in [0.15, 0.2) is 30.8 Å². The molecule has 3 fully saturated rings. The highest BCUT2D eigenvalue weighted by molar-refractivity contribution is 6.76. The Labute approximate surface area is 297 Å². The van der Waals surface area contributed by atoms with Gasteiger partial charge in [0.25, 0.3) is 0 Å². The smallest absolute Gasteiger partial charge is 0.206 e. The number of rotatable bonds is 12. The van der Waals surface area contributed by atoms with Gasteiger partial charge in [-0.05, 0) is 48.4 Å². The number of nitrogens with zero attached hydrogens (tertiary/aromatic N) is 3. The van der Waals surface area contributed by atoms with Crippen molar-refractivity contribution in [1.29, 1.82) is 0 Å². The number of ether oxygens (including phenoxy) is 5. The molecule has 0 aliphatic carbocycles. The van der Waals surface area contributed by atoms with Crippen LogP contribution in [0.1, 0.15) is 26.3 Å². The van der Waals surface area contributed by atoms with Gasteiger partial charge in [-0.1, -0.05) is 53.1 Å². The largest absolute Gasteiger partial charge is 0.470 e. The summed E-state index contributed by atoms with van der Waals surface area (Å²) < 4.78 is 71.0. The molecule has 2 aromatic heterocycles. The molecule has 4 atom stereocenters. The Bertz CT molecular complexity index is 1680. The lowest BCUT2D eigenvalue weighted by atomic mass is 10.1. The van der Waals surface area contributed by atoms with Crippen LogP contribution in [0.25, 0.3) is 28.4 Å². The van der Waals surface area contributed by atoms with E-state index in [0.29, 0.717) is 74.3 Å². The molecule has 6 rings (SSSR count). The second kappa shape index (κ2) is 14.4. The van der Waals surface area contributed by atoms with E-state index in [4.69, 9.17) is 33.1 Å². The van der Waals surface area contributed by atoms with Crippen molar-refractivity contribution in [3.05, 3.63) is 48.0 Å². The van der Waals surface area contributed by atoms with Crippen LogP contribution in [-0.2, 0) is 30.1 Å². The second-order valence-electron chi connectivity index (χ2n) is 16.3. The zero-order valence-corrected chi connectivity index (χ0v) is 32.8. The van der Waals surface area contributed by atoms with Gasteiger partial charge in [-0.3, -0.25) is 4.57 Å². The van der Waals surface area contributed by atoms with Gasteiger partial charge in [-0.2, -0.15) is 0 Å². The second-order valence-corrected chi connectivity index (χ2v) is 26.7. The van der Waals surface area contributed by atoms with Crippen molar-refractivity contribution in [2.75, 3.05) is 51.0 Å². The van der Waals surface area contributed by atoms with Crippen molar-refractivity contribution in [2.45, 2.75) is 95.7 Å². The van der Waals surface area contributed by atoms with Crippen molar-refractivity contribution in [3.8, 4) is 17.1 Å². The Morgan fingerprint density at radius 1 is 0.980 bits per heavy atom. The third-order valence-electron chi connectivity index (χ3n) is 10.5. The fourth-order valence-corrected chi connectivity index (χ4v) is 8.54. The molecule has 5 heterocycles. The number of aromatic nitrogens is 2. The number of anilines is 1. The predicted molar refractivity (Wildman–Crippen MR) is 198 cm³/mol. The van der Waals surface area contributed by atoms with Gasteiger partial charge in [0, 0.05) is 33.5 Å². The summed E-state index contributed by atoms with van der Waals surface area (Å²) in [6.45, 7) is 25.9. The maximum atomic E-state index is 15.7. The number of fused-ring (bicyclic) bond motifs is 2. The highest BCUT2D eigenvalue weighted by atomic mass is 28.4. The van der Waals surface area contributed by atoms with Crippen molar-refractivity contribution in [3.63, 3.8) is 0 Å². The van der Waals surface area contributed by atoms with Crippen LogP contribution in [0.3, 0.4) is 0 Å². The quantitative estimate of drug-likeness (QED) is 0.139. The third kappa shape index (κ3) is 7.60. The first-order chi connectivity index (χ1) is 23.6. The highest BCUT2D eigenvalue weighted by Crippen LogP contribution is 2.42. The summed E-state index contributed by atoms with van der Waals surface area (Å²) in [7, 11) is -3.39. The molecule has 13 heteroatoms. The van der Waals surface area contributed by atoms with Crippen molar-refractivity contribution in [1.82, 2.24) is 9.55 Å². The first kappa shape index (κ1) is 37.1. The zero-order valence-electron chi connectivity index (χ0n) is 30.8. The number of hydrogen-bond acceptors (Lipinski definition) is 8. The van der Waals surface area contributed by atoms with Gasteiger partial charge < -0.3 is 33.0 Å². The number of benzene rings is 1. The van der Waals surface area contributed by atoms with Gasteiger partial charge >= 0.3 is 0 Å². The molecular weight excluding hydrogens is 677 g/mol. The number of pyridine rings is 1. The van der Waals surface area contributed by atoms with Crippen molar-refractivity contribution in [2.24, 2.45) is 0 Å². The molecule has 1 aromatic carbocycles. The highest BCUT2D eigenvalue weighted by Gasteiger charge is 2.52. The fraction of sp³-hybridized carbons (Fsp3) is 0.595. The lowest BCUT2D eigenvalue weighted by molar-refractivity contribution is 0.00852. The molecule has 3 saturated heterocycles. The van der Waals surface area contributed by atoms with E-state index in [1.165, 1.54) is 12.1 Å². The summed E-state index contributed by atoms with van der Waals surface area (Å²) >= 11 is 0. The molecule has 3 aromatic rings. The van der Waals surface area contributed by atoms with Crippen LogP contribution in [0.4, 0.5) is 14.5 Å². The summed E-state index contributed by atoms with van der Waals surface area (Å²) in [5.74, 6) is -0.847. The molecule has 3 aliphatic heterocycles. The Morgan fingerprint density at radius 2 is 1.62 bits per heavy atom. The maximum Gasteiger partial charge on any atom is 0.206 e. The minimum atomic E-state index is -2.06. The summed E-state index contributed by atoms with van der Waals surface area (Å²) in [6.07, 6.45) is 0.515. The van der Waals surface area contributed by atoms with Crippen LogP contribution < -0.4 is 9.64 Å².